The van der Waals surface area contributed by atoms with E-state index in [-0.39, 0.29) is 36.3 Å². The number of aromatic amines is 1. The molecular formula is C18H21ClFN5O. The number of H-pyrrole nitrogens is 1. The van der Waals surface area contributed by atoms with Crippen molar-refractivity contribution in [2.24, 2.45) is 10.9 Å². The molecule has 1 aliphatic carbocycles. The summed E-state index contributed by atoms with van der Waals surface area (Å²) in [5.74, 6) is 0.507. The smallest absolute Gasteiger partial charge is 0.162 e. The van der Waals surface area contributed by atoms with E-state index in [1.54, 1.807) is 18.5 Å². The van der Waals surface area contributed by atoms with Crippen LogP contribution in [0.4, 0.5) is 4.39 Å². The number of rotatable bonds is 3. The molecular weight excluding hydrogens is 357 g/mol. The van der Waals surface area contributed by atoms with Crippen LogP contribution in [0, 0.1) is 5.92 Å². The molecule has 0 bridgehead atoms. The first-order valence-electron chi connectivity index (χ1n) is 8.81. The number of hydrogen-bond acceptors (Lipinski definition) is 5. The van der Waals surface area contributed by atoms with Gasteiger partial charge in [0.15, 0.2) is 11.6 Å². The van der Waals surface area contributed by atoms with E-state index in [0.29, 0.717) is 16.5 Å². The summed E-state index contributed by atoms with van der Waals surface area (Å²) in [6.45, 7) is 2.05. The quantitative estimate of drug-likeness (QED) is 0.662. The van der Waals surface area contributed by atoms with Gasteiger partial charge in [-0.1, -0.05) is 18.5 Å². The number of fused-ring (bicyclic) bond motifs is 1. The molecule has 3 atom stereocenters. The number of halogens is 2. The predicted octanol–water partition coefficient (Wildman–Crippen LogP) is 2.84. The summed E-state index contributed by atoms with van der Waals surface area (Å²) in [6, 6.07) is 1.81. The minimum absolute atomic E-state index is 0.00156. The number of pyridine rings is 1. The average Bonchev–Trinajstić information content (AvgIpc) is 3.04. The van der Waals surface area contributed by atoms with E-state index in [0.717, 1.165) is 30.2 Å². The van der Waals surface area contributed by atoms with Crippen molar-refractivity contribution in [2.75, 3.05) is 6.54 Å². The third-order valence-corrected chi connectivity index (χ3v) is 5.43. The molecule has 8 heteroatoms. The molecule has 2 aromatic heterocycles. The summed E-state index contributed by atoms with van der Waals surface area (Å²) in [4.78, 5) is 11.8. The van der Waals surface area contributed by atoms with E-state index in [2.05, 4.69) is 25.6 Å². The van der Waals surface area contributed by atoms with Crippen molar-refractivity contribution >= 4 is 28.5 Å². The number of hydrogen-bond donors (Lipinski definition) is 4. The fourth-order valence-electron chi connectivity index (χ4n) is 3.62. The molecule has 3 heterocycles. The van der Waals surface area contributed by atoms with Crippen molar-refractivity contribution in [3.8, 4) is 0 Å². The zero-order valence-electron chi connectivity index (χ0n) is 14.4. The zero-order chi connectivity index (χ0) is 18.3. The maximum Gasteiger partial charge on any atom is 0.162 e. The van der Waals surface area contributed by atoms with Gasteiger partial charge in [-0.2, -0.15) is 0 Å². The molecule has 0 saturated heterocycles. The first kappa shape index (κ1) is 17.3. The number of aliphatic imine (C=N–C) groups is 1. The number of aliphatic hydroxyl groups excluding tert-OH is 1. The standard InChI is InChI=1S/C18H21ClFN5O/c1-9-14(3-2-4-15(9)26)24-18-13(20)8-23-17(25-18)12-7-22-16-11(12)5-10(19)6-21-16/h5-7,9,14-15,24,26H,2-4,8H2,1H3,(H,21,22)(H,23,25)/t9-,14+,15-/m0/s1. The lowest BCUT2D eigenvalue weighted by Gasteiger charge is -2.34. The molecule has 1 aliphatic heterocycles. The molecule has 1 fully saturated rings. The highest BCUT2D eigenvalue weighted by Crippen LogP contribution is 2.27. The molecule has 4 N–H and O–H groups in total. The van der Waals surface area contributed by atoms with Crippen molar-refractivity contribution in [1.29, 1.82) is 0 Å². The van der Waals surface area contributed by atoms with Crippen LogP contribution in [0.5, 0.6) is 0 Å². The number of nitrogens with one attached hydrogen (secondary N) is 3. The number of aliphatic hydroxyl groups is 1. The van der Waals surface area contributed by atoms with Crippen molar-refractivity contribution in [2.45, 2.75) is 38.3 Å². The third-order valence-electron chi connectivity index (χ3n) is 5.22. The second-order valence-corrected chi connectivity index (χ2v) is 7.36. The van der Waals surface area contributed by atoms with Crippen LogP contribution >= 0.6 is 11.6 Å². The Morgan fingerprint density at radius 3 is 3.08 bits per heavy atom. The summed E-state index contributed by atoms with van der Waals surface area (Å²) in [6.07, 6.45) is 5.59. The maximum absolute atomic E-state index is 14.4. The average molecular weight is 378 g/mol. The fraction of sp³-hybridized carbons (Fsp3) is 0.444. The minimum atomic E-state index is -0.364. The van der Waals surface area contributed by atoms with E-state index in [4.69, 9.17) is 11.6 Å². The van der Waals surface area contributed by atoms with Crippen LogP contribution < -0.4 is 10.6 Å². The van der Waals surface area contributed by atoms with Crippen LogP contribution in [0.3, 0.4) is 0 Å². The molecule has 2 aromatic rings. The van der Waals surface area contributed by atoms with E-state index in [1.165, 1.54) is 0 Å². The molecule has 0 unspecified atom stereocenters. The SMILES string of the molecule is C[C@@H]1[C@@H](O)CCC[C@H]1NC1=C(F)CNC(c2c[nH]c3ncc(Cl)cc23)=N1. The Kier molecular flexibility index (Phi) is 4.58. The van der Waals surface area contributed by atoms with Gasteiger partial charge in [-0.15, -0.1) is 0 Å². The minimum Gasteiger partial charge on any atom is -0.393 e. The van der Waals surface area contributed by atoms with Crippen LogP contribution in [-0.4, -0.2) is 39.6 Å². The van der Waals surface area contributed by atoms with Gasteiger partial charge in [0.2, 0.25) is 0 Å². The second kappa shape index (κ2) is 6.89. The van der Waals surface area contributed by atoms with Crippen LogP contribution in [0.25, 0.3) is 11.0 Å². The highest BCUT2D eigenvalue weighted by Gasteiger charge is 2.30. The molecule has 26 heavy (non-hydrogen) atoms. The fourth-order valence-corrected chi connectivity index (χ4v) is 3.77. The highest BCUT2D eigenvalue weighted by molar-refractivity contribution is 6.31. The number of nitrogens with zero attached hydrogens (tertiary/aromatic N) is 2. The van der Waals surface area contributed by atoms with Crippen molar-refractivity contribution in [3.05, 3.63) is 40.7 Å². The van der Waals surface area contributed by atoms with Gasteiger partial charge in [-0.3, -0.25) is 0 Å². The van der Waals surface area contributed by atoms with Gasteiger partial charge in [0.1, 0.15) is 11.5 Å². The highest BCUT2D eigenvalue weighted by atomic mass is 35.5. The molecule has 4 rings (SSSR count). The van der Waals surface area contributed by atoms with E-state index < -0.39 is 0 Å². The van der Waals surface area contributed by atoms with Crippen LogP contribution in [0.1, 0.15) is 31.7 Å². The Balaban J connectivity index is 1.64. The van der Waals surface area contributed by atoms with Gasteiger partial charge >= 0.3 is 0 Å². The van der Waals surface area contributed by atoms with Crippen LogP contribution in [-0.2, 0) is 0 Å². The molecule has 1 saturated carbocycles. The van der Waals surface area contributed by atoms with Gasteiger partial charge in [-0.05, 0) is 25.3 Å². The molecule has 138 valence electrons. The zero-order valence-corrected chi connectivity index (χ0v) is 15.1. The second-order valence-electron chi connectivity index (χ2n) is 6.93. The topological polar surface area (TPSA) is 85.3 Å². The Labute approximate surface area is 155 Å². The summed E-state index contributed by atoms with van der Waals surface area (Å²) >= 11 is 6.05. The lowest BCUT2D eigenvalue weighted by atomic mass is 9.83. The molecule has 0 spiro atoms. The lowest BCUT2D eigenvalue weighted by Crippen LogP contribution is -2.44. The van der Waals surface area contributed by atoms with Crippen molar-refractivity contribution < 1.29 is 9.50 Å². The normalized spacial score (nSPS) is 26.6. The van der Waals surface area contributed by atoms with E-state index in [1.807, 2.05) is 6.92 Å². The Morgan fingerprint density at radius 2 is 2.23 bits per heavy atom. The molecule has 2 aliphatic rings. The van der Waals surface area contributed by atoms with Crippen molar-refractivity contribution in [1.82, 2.24) is 20.6 Å². The maximum atomic E-state index is 14.4. The van der Waals surface area contributed by atoms with Gasteiger partial charge in [0, 0.05) is 35.3 Å². The number of aromatic nitrogens is 2. The molecule has 0 radical (unpaired) electrons. The first-order chi connectivity index (χ1) is 12.5. The summed E-state index contributed by atoms with van der Waals surface area (Å²) < 4.78 is 14.4. The van der Waals surface area contributed by atoms with Crippen molar-refractivity contribution in [3.63, 3.8) is 0 Å². The van der Waals surface area contributed by atoms with Gasteiger partial charge < -0.3 is 20.7 Å². The number of amidine groups is 1. The van der Waals surface area contributed by atoms with Gasteiger partial charge in [0.05, 0.1) is 17.7 Å². The molecule has 6 nitrogen and oxygen atoms in total. The Hall–Kier alpha value is -2.12. The monoisotopic (exact) mass is 377 g/mol. The Bertz CT molecular complexity index is 893. The van der Waals surface area contributed by atoms with Gasteiger partial charge in [-0.25, -0.2) is 14.4 Å². The van der Waals surface area contributed by atoms with E-state index >= 15 is 0 Å². The van der Waals surface area contributed by atoms with Crippen LogP contribution in [0.15, 0.2) is 35.1 Å². The van der Waals surface area contributed by atoms with Crippen LogP contribution in [0.2, 0.25) is 5.02 Å². The Morgan fingerprint density at radius 1 is 1.38 bits per heavy atom. The summed E-state index contributed by atoms with van der Waals surface area (Å²) in [5.41, 5.74) is 1.49. The van der Waals surface area contributed by atoms with Gasteiger partial charge in [0.25, 0.3) is 0 Å². The first-order valence-corrected chi connectivity index (χ1v) is 9.19. The largest absolute Gasteiger partial charge is 0.393 e. The third kappa shape index (κ3) is 3.17. The summed E-state index contributed by atoms with van der Waals surface area (Å²) in [7, 11) is 0. The molecule has 0 amide bonds. The van der Waals surface area contributed by atoms with E-state index in [9.17, 15) is 9.50 Å². The summed E-state index contributed by atoms with van der Waals surface area (Å²) in [5, 5.41) is 17.6. The molecule has 0 aromatic carbocycles. The lowest BCUT2D eigenvalue weighted by molar-refractivity contribution is 0.0593. The predicted molar refractivity (Wildman–Crippen MR) is 99.7 cm³/mol.